The standard InChI is InChI=1S/C30H35N3O3S/c1-19(2)20-10-12-24-21(16-20)11-13-27-29(3,14-7-15-30(24,27)4)18-32-37(35,36)26-17-25(33-31)28(34)23-9-6-5-8-22(23)26/h5-6,8-10,12,16-17,19,27,32H,7,11,13-15,18H2,1-4H3/p+1/t27-,29+,30+/m0/s1. The normalized spacial score (nSPS) is 25.5. The van der Waals surface area contributed by atoms with E-state index in [0.29, 0.717) is 29.2 Å². The number of nitrogens with one attached hydrogen (secondary N) is 1. The molecule has 2 N–H and O–H groups in total. The molecule has 2 aliphatic rings. The van der Waals surface area contributed by atoms with Gasteiger partial charge in [0.2, 0.25) is 21.2 Å². The largest absolute Gasteiger partial charge is 0.501 e. The lowest BCUT2D eigenvalue weighted by molar-refractivity contribution is 0.0299. The molecule has 0 aliphatic heterocycles. The highest BCUT2D eigenvalue weighted by Gasteiger charge is 2.51. The van der Waals surface area contributed by atoms with Crippen molar-refractivity contribution in [1.29, 1.82) is 5.39 Å². The Balaban J connectivity index is 1.47. The molecule has 1 fully saturated rings. The van der Waals surface area contributed by atoms with Gasteiger partial charge in [-0.15, -0.1) is 0 Å². The highest BCUT2D eigenvalue weighted by molar-refractivity contribution is 7.89. The second-order valence-electron chi connectivity index (χ2n) is 11.8. The van der Waals surface area contributed by atoms with E-state index in [1.54, 1.807) is 24.3 Å². The molecule has 7 heteroatoms. The number of hydrogen-bond acceptors (Lipinski definition) is 4. The van der Waals surface area contributed by atoms with Crippen molar-refractivity contribution < 1.29 is 13.5 Å². The number of hydrogen-bond donors (Lipinski definition) is 2. The summed E-state index contributed by atoms with van der Waals surface area (Å²) in [7, 11) is -3.94. The van der Waals surface area contributed by atoms with Crippen molar-refractivity contribution in [3.63, 3.8) is 0 Å². The van der Waals surface area contributed by atoms with Crippen LogP contribution in [-0.4, -0.2) is 20.1 Å². The molecule has 0 unspecified atom stereocenters. The van der Waals surface area contributed by atoms with Gasteiger partial charge < -0.3 is 5.11 Å². The molecule has 0 bridgehead atoms. The van der Waals surface area contributed by atoms with Crippen molar-refractivity contribution in [2.75, 3.05) is 6.54 Å². The average Bonchev–Trinajstić information content (AvgIpc) is 2.87. The van der Waals surface area contributed by atoms with Gasteiger partial charge in [0.1, 0.15) is 0 Å². The summed E-state index contributed by atoms with van der Waals surface area (Å²) in [6, 6.07) is 14.9. The SMILES string of the molecule is CC(C)c1ccc2c(c1)CC[C@H]1[C@@](C)(CNS(=O)(=O)c3cc([N+]#N)c(O)c4ccccc34)CCC[C@]21C. The van der Waals surface area contributed by atoms with Crippen LogP contribution in [0.2, 0.25) is 0 Å². The van der Waals surface area contributed by atoms with Crippen molar-refractivity contribution in [2.45, 2.75) is 76.0 Å². The first-order valence-electron chi connectivity index (χ1n) is 13.2. The van der Waals surface area contributed by atoms with E-state index in [2.05, 4.69) is 55.6 Å². The number of sulfonamides is 1. The van der Waals surface area contributed by atoms with Gasteiger partial charge in [0, 0.05) is 17.3 Å². The van der Waals surface area contributed by atoms with E-state index in [1.165, 1.54) is 22.8 Å². The molecule has 0 radical (unpaired) electrons. The molecular weight excluding hydrogens is 482 g/mol. The van der Waals surface area contributed by atoms with Crippen LogP contribution in [0.3, 0.4) is 0 Å². The van der Waals surface area contributed by atoms with Crippen LogP contribution >= 0.6 is 0 Å². The van der Waals surface area contributed by atoms with E-state index in [4.69, 9.17) is 0 Å². The summed E-state index contributed by atoms with van der Waals surface area (Å²) >= 11 is 0. The molecule has 0 aromatic heterocycles. The first kappa shape index (κ1) is 25.7. The summed E-state index contributed by atoms with van der Waals surface area (Å²) in [6.07, 6.45) is 5.18. The maximum absolute atomic E-state index is 13.6. The fourth-order valence-corrected chi connectivity index (χ4v) is 8.57. The molecule has 3 atom stereocenters. The topological polar surface area (TPSA) is 94.5 Å². The Labute approximate surface area is 219 Å². The first-order valence-corrected chi connectivity index (χ1v) is 14.7. The molecule has 1 saturated carbocycles. The third kappa shape index (κ3) is 4.20. The Bertz CT molecular complexity index is 1530. The van der Waals surface area contributed by atoms with Gasteiger partial charge in [-0.3, -0.25) is 0 Å². The Morgan fingerprint density at radius 2 is 1.84 bits per heavy atom. The fourth-order valence-electron chi connectivity index (χ4n) is 7.16. The van der Waals surface area contributed by atoms with Gasteiger partial charge in [-0.2, -0.15) is 0 Å². The Kier molecular flexibility index (Phi) is 6.32. The predicted molar refractivity (Wildman–Crippen MR) is 147 cm³/mol. The van der Waals surface area contributed by atoms with Gasteiger partial charge in [0.05, 0.1) is 11.0 Å². The monoisotopic (exact) mass is 518 g/mol. The number of benzene rings is 3. The first-order chi connectivity index (χ1) is 17.5. The number of aryl methyl sites for hydroxylation is 1. The van der Waals surface area contributed by atoms with Gasteiger partial charge in [0.15, 0.2) is 4.98 Å². The number of nitrogens with zero attached hydrogens (tertiary/aromatic N) is 2. The van der Waals surface area contributed by atoms with E-state index >= 15 is 0 Å². The number of fused-ring (bicyclic) bond motifs is 4. The molecule has 194 valence electrons. The van der Waals surface area contributed by atoms with Crippen LogP contribution in [0.4, 0.5) is 5.69 Å². The Morgan fingerprint density at radius 1 is 1.11 bits per heavy atom. The molecule has 6 nitrogen and oxygen atoms in total. The van der Waals surface area contributed by atoms with Gasteiger partial charge in [-0.1, -0.05) is 76.6 Å². The lowest BCUT2D eigenvalue weighted by Crippen LogP contribution is -2.53. The zero-order valence-corrected chi connectivity index (χ0v) is 22.9. The third-order valence-corrected chi connectivity index (χ3v) is 10.6. The average molecular weight is 519 g/mol. The molecule has 0 amide bonds. The quantitative estimate of drug-likeness (QED) is 0.351. The zero-order chi connectivity index (χ0) is 26.6. The van der Waals surface area contributed by atoms with Gasteiger partial charge >= 0.3 is 5.69 Å². The summed E-state index contributed by atoms with van der Waals surface area (Å²) in [5.74, 6) is 0.610. The van der Waals surface area contributed by atoms with Crippen LogP contribution in [0.5, 0.6) is 5.75 Å². The van der Waals surface area contributed by atoms with Crippen molar-refractivity contribution in [1.82, 2.24) is 4.72 Å². The van der Waals surface area contributed by atoms with E-state index in [-0.39, 0.29) is 27.2 Å². The van der Waals surface area contributed by atoms with Crippen LogP contribution in [0.25, 0.3) is 15.7 Å². The zero-order valence-electron chi connectivity index (χ0n) is 22.1. The number of phenolic OH excluding ortho intramolecular Hbond substituents is 1. The van der Waals surface area contributed by atoms with Gasteiger partial charge in [-0.05, 0) is 65.0 Å². The summed E-state index contributed by atoms with van der Waals surface area (Å²) in [5.41, 5.74) is 3.90. The van der Waals surface area contributed by atoms with Crippen molar-refractivity contribution in [3.8, 4) is 5.75 Å². The van der Waals surface area contributed by atoms with E-state index in [9.17, 15) is 18.9 Å². The van der Waals surface area contributed by atoms with Crippen LogP contribution in [0, 0.1) is 16.7 Å². The Hall–Kier alpha value is -2.95. The minimum absolute atomic E-state index is 0.00563. The minimum Gasteiger partial charge on any atom is -0.501 e. The second kappa shape index (κ2) is 9.11. The smallest absolute Gasteiger partial charge is 0.428 e. The Morgan fingerprint density at radius 3 is 2.54 bits per heavy atom. The molecular formula is C30H36N3O3S+. The highest BCUT2D eigenvalue weighted by atomic mass is 32.2. The minimum atomic E-state index is -3.94. The van der Waals surface area contributed by atoms with Gasteiger partial charge in [0.25, 0.3) is 0 Å². The van der Waals surface area contributed by atoms with Crippen LogP contribution in [0.15, 0.2) is 53.4 Å². The molecule has 0 spiro atoms. The van der Waals surface area contributed by atoms with Gasteiger partial charge in [-0.25, -0.2) is 13.1 Å². The van der Waals surface area contributed by atoms with Crippen LogP contribution in [0.1, 0.15) is 76.0 Å². The van der Waals surface area contributed by atoms with Crippen molar-refractivity contribution in [2.24, 2.45) is 11.3 Å². The van der Waals surface area contributed by atoms with E-state index < -0.39 is 10.0 Å². The summed E-state index contributed by atoms with van der Waals surface area (Å²) in [6.45, 7) is 9.39. The molecule has 2 aliphatic carbocycles. The summed E-state index contributed by atoms with van der Waals surface area (Å²) in [5, 5.41) is 20.5. The molecule has 0 heterocycles. The lowest BCUT2D eigenvalue weighted by Gasteiger charge is -2.55. The third-order valence-electron chi connectivity index (χ3n) is 9.19. The van der Waals surface area contributed by atoms with E-state index in [1.807, 2.05) is 0 Å². The highest BCUT2D eigenvalue weighted by Crippen LogP contribution is 2.57. The molecule has 0 saturated heterocycles. The van der Waals surface area contributed by atoms with Crippen LogP contribution < -0.4 is 4.72 Å². The number of aromatic hydroxyl groups is 1. The molecule has 3 aromatic rings. The van der Waals surface area contributed by atoms with Crippen molar-refractivity contribution in [3.05, 3.63) is 70.2 Å². The number of phenols is 1. The summed E-state index contributed by atoms with van der Waals surface area (Å²) in [4.78, 5) is 3.12. The number of diazo groups is 1. The predicted octanol–water partition coefficient (Wildman–Crippen LogP) is 7.14. The maximum Gasteiger partial charge on any atom is 0.428 e. The number of rotatable bonds is 5. The molecule has 3 aromatic carbocycles. The molecule has 37 heavy (non-hydrogen) atoms. The van der Waals surface area contributed by atoms with Crippen LogP contribution in [-0.2, 0) is 21.9 Å². The van der Waals surface area contributed by atoms with Crippen molar-refractivity contribution >= 4 is 26.5 Å². The lowest BCUT2D eigenvalue weighted by atomic mass is 9.50. The molecule has 5 rings (SSSR count). The van der Waals surface area contributed by atoms with E-state index in [0.717, 1.165) is 32.1 Å². The fraction of sp³-hybridized carbons (Fsp3) is 0.467. The second-order valence-corrected chi connectivity index (χ2v) is 13.5. The summed E-state index contributed by atoms with van der Waals surface area (Å²) < 4.78 is 30.2. The maximum atomic E-state index is 13.6.